The number of hydrogen-bond donors (Lipinski definition) is 0. The van der Waals surface area contributed by atoms with Crippen LogP contribution in [0.2, 0.25) is 0 Å². The summed E-state index contributed by atoms with van der Waals surface area (Å²) in [6.45, 7) is 8.09. The molecule has 4 heteroatoms. The van der Waals surface area contributed by atoms with Gasteiger partial charge in [0, 0.05) is 12.1 Å². The summed E-state index contributed by atoms with van der Waals surface area (Å²) in [5.41, 5.74) is 1.37. The molecule has 0 fully saturated rings. The Morgan fingerprint density at radius 3 is 1.95 bits per heavy atom. The fraction of sp³-hybridized carbons (Fsp3) is 0.667. The number of unbranched alkanes of at least 4 members (excludes halogenated alkanes) is 3. The van der Waals surface area contributed by atoms with Gasteiger partial charge in [0.25, 0.3) is 5.69 Å². The second-order valence-electron chi connectivity index (χ2n) is 5.93. The maximum absolute atomic E-state index is 10.6. The van der Waals surface area contributed by atoms with E-state index in [9.17, 15) is 10.1 Å². The monoisotopic (exact) mass is 306 g/mol. The van der Waals surface area contributed by atoms with Crippen LogP contribution in [0.4, 0.5) is 5.69 Å². The van der Waals surface area contributed by atoms with E-state index in [2.05, 4.69) is 18.7 Å². The van der Waals surface area contributed by atoms with Crippen molar-refractivity contribution in [1.29, 1.82) is 0 Å². The zero-order chi connectivity index (χ0) is 16.2. The first-order chi connectivity index (χ1) is 10.7. The number of nitro benzene ring substituents is 1. The van der Waals surface area contributed by atoms with Crippen molar-refractivity contribution >= 4 is 5.69 Å². The summed E-state index contributed by atoms with van der Waals surface area (Å²) in [5, 5.41) is 10.6. The summed E-state index contributed by atoms with van der Waals surface area (Å²) >= 11 is 0. The molecular weight excluding hydrogens is 276 g/mol. The van der Waals surface area contributed by atoms with Gasteiger partial charge in [-0.2, -0.15) is 0 Å². The summed E-state index contributed by atoms with van der Waals surface area (Å²) in [4.78, 5) is 12.9. The van der Waals surface area contributed by atoms with Gasteiger partial charge in [0.05, 0.1) is 4.92 Å². The van der Waals surface area contributed by atoms with Crippen LogP contribution >= 0.6 is 0 Å². The number of nitrogens with zero attached hydrogens (tertiary/aromatic N) is 2. The Bertz CT molecular complexity index is 410. The minimum atomic E-state index is -0.344. The molecule has 0 aliphatic carbocycles. The lowest BCUT2D eigenvalue weighted by atomic mass is 10.1. The standard InChI is InChI=1S/C18H30N2O2/c1-3-5-14-19(15-6-4-2)16-8-7-9-17-10-12-18(13-11-17)20(21)22/h10-13H,3-9,14-16H2,1-2H3. The van der Waals surface area contributed by atoms with Crippen LogP contribution in [0.15, 0.2) is 24.3 Å². The highest BCUT2D eigenvalue weighted by atomic mass is 16.6. The molecule has 0 aliphatic rings. The van der Waals surface area contributed by atoms with Gasteiger partial charge in [-0.05, 0) is 57.3 Å². The van der Waals surface area contributed by atoms with Crippen molar-refractivity contribution in [3.8, 4) is 0 Å². The minimum absolute atomic E-state index is 0.175. The molecule has 0 saturated heterocycles. The van der Waals surface area contributed by atoms with E-state index in [-0.39, 0.29) is 10.6 Å². The molecule has 0 aliphatic heterocycles. The second-order valence-corrected chi connectivity index (χ2v) is 5.93. The number of benzene rings is 1. The van der Waals surface area contributed by atoms with Crippen molar-refractivity contribution in [3.63, 3.8) is 0 Å². The van der Waals surface area contributed by atoms with Crippen LogP contribution in [0, 0.1) is 10.1 Å². The third-order valence-electron chi connectivity index (χ3n) is 3.99. The molecule has 0 bridgehead atoms. The summed E-state index contributed by atoms with van der Waals surface area (Å²) < 4.78 is 0. The Labute approximate surface area is 134 Å². The van der Waals surface area contributed by atoms with Crippen LogP contribution in [-0.2, 0) is 6.42 Å². The van der Waals surface area contributed by atoms with Crippen LogP contribution < -0.4 is 0 Å². The van der Waals surface area contributed by atoms with E-state index in [1.165, 1.54) is 57.3 Å². The summed E-state index contributed by atoms with van der Waals surface area (Å²) in [6.07, 6.45) is 8.43. The Balaban J connectivity index is 2.27. The lowest BCUT2D eigenvalue weighted by Gasteiger charge is -2.21. The van der Waals surface area contributed by atoms with Gasteiger partial charge in [0.15, 0.2) is 0 Å². The van der Waals surface area contributed by atoms with Crippen LogP contribution in [0.25, 0.3) is 0 Å². The lowest BCUT2D eigenvalue weighted by Crippen LogP contribution is -2.27. The van der Waals surface area contributed by atoms with Crippen molar-refractivity contribution in [3.05, 3.63) is 39.9 Å². The lowest BCUT2D eigenvalue weighted by molar-refractivity contribution is -0.384. The van der Waals surface area contributed by atoms with Crippen molar-refractivity contribution in [2.45, 2.75) is 58.8 Å². The Morgan fingerprint density at radius 2 is 1.45 bits per heavy atom. The highest BCUT2D eigenvalue weighted by Gasteiger charge is 2.05. The van der Waals surface area contributed by atoms with E-state index in [4.69, 9.17) is 0 Å². The molecule has 4 nitrogen and oxygen atoms in total. The second kappa shape index (κ2) is 11.2. The molecule has 0 spiro atoms. The van der Waals surface area contributed by atoms with Crippen molar-refractivity contribution in [1.82, 2.24) is 4.90 Å². The van der Waals surface area contributed by atoms with Crippen LogP contribution in [0.3, 0.4) is 0 Å². The molecule has 1 rings (SSSR count). The van der Waals surface area contributed by atoms with Gasteiger partial charge in [0.2, 0.25) is 0 Å². The molecule has 1 aromatic carbocycles. The number of hydrogen-bond acceptors (Lipinski definition) is 3. The fourth-order valence-corrected chi connectivity index (χ4v) is 2.55. The molecular formula is C18H30N2O2. The third kappa shape index (κ3) is 7.55. The molecule has 0 atom stereocenters. The zero-order valence-corrected chi connectivity index (χ0v) is 14.1. The summed E-state index contributed by atoms with van der Waals surface area (Å²) in [6, 6.07) is 6.96. The number of aryl methyl sites for hydroxylation is 1. The topological polar surface area (TPSA) is 46.4 Å². The first-order valence-corrected chi connectivity index (χ1v) is 8.63. The van der Waals surface area contributed by atoms with Crippen LogP contribution in [0.1, 0.15) is 57.9 Å². The van der Waals surface area contributed by atoms with Gasteiger partial charge in [-0.25, -0.2) is 0 Å². The van der Waals surface area contributed by atoms with Crippen LogP contribution in [-0.4, -0.2) is 29.5 Å². The maximum Gasteiger partial charge on any atom is 0.269 e. The highest BCUT2D eigenvalue weighted by Crippen LogP contribution is 2.14. The number of non-ortho nitro benzene ring substituents is 1. The van der Waals surface area contributed by atoms with Crippen molar-refractivity contribution < 1.29 is 4.92 Å². The van der Waals surface area contributed by atoms with Gasteiger partial charge >= 0.3 is 0 Å². The molecule has 0 N–H and O–H groups in total. The number of rotatable bonds is 12. The van der Waals surface area contributed by atoms with Gasteiger partial charge < -0.3 is 4.90 Å². The Kier molecular flexibility index (Phi) is 9.47. The molecule has 0 aromatic heterocycles. The van der Waals surface area contributed by atoms with Crippen molar-refractivity contribution in [2.24, 2.45) is 0 Å². The molecule has 124 valence electrons. The van der Waals surface area contributed by atoms with E-state index in [1.807, 2.05) is 12.1 Å². The average molecular weight is 306 g/mol. The van der Waals surface area contributed by atoms with Gasteiger partial charge in [0.1, 0.15) is 0 Å². The van der Waals surface area contributed by atoms with E-state index in [0.29, 0.717) is 0 Å². The van der Waals surface area contributed by atoms with E-state index < -0.39 is 0 Å². The van der Waals surface area contributed by atoms with Crippen LogP contribution in [0.5, 0.6) is 0 Å². The molecule has 0 heterocycles. The molecule has 22 heavy (non-hydrogen) atoms. The smallest absolute Gasteiger partial charge is 0.269 e. The number of nitro groups is 1. The van der Waals surface area contributed by atoms with E-state index in [0.717, 1.165) is 12.8 Å². The molecule has 1 aromatic rings. The maximum atomic E-state index is 10.6. The molecule has 0 saturated carbocycles. The molecule has 0 radical (unpaired) electrons. The third-order valence-corrected chi connectivity index (χ3v) is 3.99. The Hall–Kier alpha value is -1.42. The zero-order valence-electron chi connectivity index (χ0n) is 14.1. The fourth-order valence-electron chi connectivity index (χ4n) is 2.55. The quantitative estimate of drug-likeness (QED) is 0.316. The largest absolute Gasteiger partial charge is 0.303 e. The Morgan fingerprint density at radius 1 is 0.909 bits per heavy atom. The van der Waals surface area contributed by atoms with Gasteiger partial charge in [-0.15, -0.1) is 0 Å². The van der Waals surface area contributed by atoms with Gasteiger partial charge in [-0.3, -0.25) is 10.1 Å². The summed E-state index contributed by atoms with van der Waals surface area (Å²) in [5.74, 6) is 0. The van der Waals surface area contributed by atoms with E-state index in [1.54, 1.807) is 12.1 Å². The first-order valence-electron chi connectivity index (χ1n) is 8.63. The molecule has 0 amide bonds. The first kappa shape index (κ1) is 18.6. The average Bonchev–Trinajstić information content (AvgIpc) is 2.53. The summed E-state index contributed by atoms with van der Waals surface area (Å²) in [7, 11) is 0. The minimum Gasteiger partial charge on any atom is -0.303 e. The predicted octanol–water partition coefficient (Wildman–Crippen LogP) is 4.82. The van der Waals surface area contributed by atoms with E-state index >= 15 is 0 Å². The molecule has 0 unspecified atom stereocenters. The normalized spacial score (nSPS) is 11.0. The van der Waals surface area contributed by atoms with Crippen molar-refractivity contribution in [2.75, 3.05) is 19.6 Å². The predicted molar refractivity (Wildman–Crippen MR) is 92.3 cm³/mol. The highest BCUT2D eigenvalue weighted by molar-refractivity contribution is 5.32. The van der Waals surface area contributed by atoms with Gasteiger partial charge in [-0.1, -0.05) is 38.8 Å². The SMILES string of the molecule is CCCCN(CCCC)CCCCc1ccc([N+](=O)[O-])cc1.